The summed E-state index contributed by atoms with van der Waals surface area (Å²) in [6.07, 6.45) is 4.75. The van der Waals surface area contributed by atoms with E-state index in [1.54, 1.807) is 0 Å². The summed E-state index contributed by atoms with van der Waals surface area (Å²) in [6, 6.07) is 16.7. The van der Waals surface area contributed by atoms with Crippen molar-refractivity contribution >= 4 is 34.3 Å². The van der Waals surface area contributed by atoms with E-state index < -0.39 is 0 Å². The fraction of sp³-hybridized carbons (Fsp3) is 0.417. The summed E-state index contributed by atoms with van der Waals surface area (Å²) >= 11 is 5.95. The zero-order valence-electron chi connectivity index (χ0n) is 17.7. The number of nitrogens with zero attached hydrogens (tertiary/aromatic N) is 3. The molecule has 0 aliphatic heterocycles. The molecule has 3 aromatic rings. The third-order valence-electron chi connectivity index (χ3n) is 5.86. The lowest BCUT2D eigenvalue weighted by Crippen LogP contribution is -2.31. The molecular formula is C24H30ClN5. The molecule has 0 amide bonds. The van der Waals surface area contributed by atoms with Crippen molar-refractivity contribution in [2.45, 2.75) is 38.3 Å². The average molecular weight is 424 g/mol. The number of hydrogen-bond donors (Lipinski definition) is 2. The molecule has 0 unspecified atom stereocenters. The Bertz CT molecular complexity index is 965. The highest BCUT2D eigenvalue weighted by Crippen LogP contribution is 2.28. The Morgan fingerprint density at radius 3 is 2.43 bits per heavy atom. The molecule has 1 heterocycles. The molecule has 1 aliphatic carbocycles. The predicted octanol–water partition coefficient (Wildman–Crippen LogP) is 5.11. The molecule has 1 aromatic heterocycles. The van der Waals surface area contributed by atoms with Gasteiger partial charge in [-0.3, -0.25) is 0 Å². The number of hydrogen-bond acceptors (Lipinski definition) is 5. The second-order valence-corrected chi connectivity index (χ2v) is 8.84. The molecule has 2 aromatic carbocycles. The van der Waals surface area contributed by atoms with Gasteiger partial charge in [0.05, 0.1) is 5.52 Å². The van der Waals surface area contributed by atoms with Gasteiger partial charge in [-0.2, -0.15) is 4.98 Å². The Morgan fingerprint density at radius 2 is 1.70 bits per heavy atom. The van der Waals surface area contributed by atoms with E-state index in [2.05, 4.69) is 39.8 Å². The van der Waals surface area contributed by atoms with Crippen molar-refractivity contribution in [3.8, 4) is 0 Å². The van der Waals surface area contributed by atoms with Gasteiger partial charge in [-0.15, -0.1) is 0 Å². The lowest BCUT2D eigenvalue weighted by Gasteiger charge is -2.29. The third-order valence-corrected chi connectivity index (χ3v) is 6.11. The van der Waals surface area contributed by atoms with E-state index in [0.717, 1.165) is 59.5 Å². The molecule has 0 atom stereocenters. The first kappa shape index (κ1) is 20.9. The maximum absolute atomic E-state index is 5.95. The first-order valence-electron chi connectivity index (χ1n) is 10.7. The van der Waals surface area contributed by atoms with Crippen molar-refractivity contribution in [3.05, 3.63) is 59.1 Å². The summed E-state index contributed by atoms with van der Waals surface area (Å²) in [7, 11) is 4.06. The summed E-state index contributed by atoms with van der Waals surface area (Å²) in [5.74, 6) is 2.43. The molecule has 30 heavy (non-hydrogen) atoms. The van der Waals surface area contributed by atoms with Crippen LogP contribution in [0.5, 0.6) is 0 Å². The number of nitrogens with one attached hydrogen (secondary N) is 2. The molecule has 5 nitrogen and oxygen atoms in total. The standard InChI is InChI=1S/C24H30ClN5/c1-30(2)23-21-5-3-4-6-22(21)28-24(29-23)27-20-13-9-18(10-14-20)16-26-15-17-7-11-19(25)12-8-17/h3-8,11-12,18,20,26H,9-10,13-16H2,1-2H3,(H,27,28,29)/t18-,20+. The second kappa shape index (κ2) is 9.63. The molecule has 0 bridgehead atoms. The number of fused-ring (bicyclic) bond motifs is 1. The number of rotatable bonds is 7. The van der Waals surface area contributed by atoms with Crippen molar-refractivity contribution in [3.63, 3.8) is 0 Å². The fourth-order valence-electron chi connectivity index (χ4n) is 4.18. The van der Waals surface area contributed by atoms with E-state index in [4.69, 9.17) is 21.6 Å². The molecule has 0 spiro atoms. The highest BCUT2D eigenvalue weighted by atomic mass is 35.5. The van der Waals surface area contributed by atoms with E-state index in [0.29, 0.717) is 6.04 Å². The van der Waals surface area contributed by atoms with Crippen molar-refractivity contribution in [1.29, 1.82) is 0 Å². The molecule has 1 saturated carbocycles. The van der Waals surface area contributed by atoms with Crippen LogP contribution in [0.15, 0.2) is 48.5 Å². The summed E-state index contributed by atoms with van der Waals surface area (Å²) in [6.45, 7) is 1.96. The molecule has 0 radical (unpaired) electrons. The lowest BCUT2D eigenvalue weighted by atomic mass is 9.86. The maximum Gasteiger partial charge on any atom is 0.225 e. The van der Waals surface area contributed by atoms with Gasteiger partial charge in [0.25, 0.3) is 0 Å². The van der Waals surface area contributed by atoms with Crippen LogP contribution in [0, 0.1) is 5.92 Å². The Kier molecular flexibility index (Phi) is 6.70. The number of aromatic nitrogens is 2. The van der Waals surface area contributed by atoms with Crippen LogP contribution in [0.4, 0.5) is 11.8 Å². The van der Waals surface area contributed by atoms with Gasteiger partial charge in [0, 0.05) is 37.1 Å². The van der Waals surface area contributed by atoms with Crippen LogP contribution >= 0.6 is 11.6 Å². The highest BCUT2D eigenvalue weighted by Gasteiger charge is 2.22. The largest absolute Gasteiger partial charge is 0.362 e. The van der Waals surface area contributed by atoms with E-state index in [9.17, 15) is 0 Å². The third kappa shape index (κ3) is 5.21. The van der Waals surface area contributed by atoms with Gasteiger partial charge >= 0.3 is 0 Å². The molecular weight excluding hydrogens is 394 g/mol. The van der Waals surface area contributed by atoms with Gasteiger partial charge in [0.15, 0.2) is 0 Å². The first-order valence-corrected chi connectivity index (χ1v) is 11.1. The molecule has 6 heteroatoms. The first-order chi connectivity index (χ1) is 14.6. The van der Waals surface area contributed by atoms with Crippen LogP contribution in [0.25, 0.3) is 10.9 Å². The van der Waals surface area contributed by atoms with Crippen molar-refractivity contribution < 1.29 is 0 Å². The molecule has 158 valence electrons. The fourth-order valence-corrected chi connectivity index (χ4v) is 4.31. The number of halogens is 1. The summed E-state index contributed by atoms with van der Waals surface area (Å²) < 4.78 is 0. The number of benzene rings is 2. The van der Waals surface area contributed by atoms with Crippen LogP contribution in [-0.2, 0) is 6.54 Å². The summed E-state index contributed by atoms with van der Waals surface area (Å²) in [5.41, 5.74) is 2.26. The molecule has 1 fully saturated rings. The van der Waals surface area contributed by atoms with Crippen molar-refractivity contribution in [2.24, 2.45) is 5.92 Å². The monoisotopic (exact) mass is 423 g/mol. The Hall–Kier alpha value is -2.37. The maximum atomic E-state index is 5.95. The van der Waals surface area contributed by atoms with Gasteiger partial charge in [0.1, 0.15) is 5.82 Å². The van der Waals surface area contributed by atoms with E-state index in [-0.39, 0.29) is 0 Å². The van der Waals surface area contributed by atoms with E-state index in [1.807, 2.05) is 38.4 Å². The topological polar surface area (TPSA) is 53.1 Å². The lowest BCUT2D eigenvalue weighted by molar-refractivity contribution is 0.324. The van der Waals surface area contributed by atoms with E-state index in [1.165, 1.54) is 18.4 Å². The van der Waals surface area contributed by atoms with Crippen molar-refractivity contribution in [1.82, 2.24) is 15.3 Å². The van der Waals surface area contributed by atoms with Crippen LogP contribution in [0.1, 0.15) is 31.2 Å². The van der Waals surface area contributed by atoms with Crippen molar-refractivity contribution in [2.75, 3.05) is 30.9 Å². The Morgan fingerprint density at radius 1 is 0.967 bits per heavy atom. The van der Waals surface area contributed by atoms with Gasteiger partial charge < -0.3 is 15.5 Å². The van der Waals surface area contributed by atoms with Crippen LogP contribution in [0.3, 0.4) is 0 Å². The number of para-hydroxylation sites is 1. The molecule has 2 N–H and O–H groups in total. The Labute approximate surface area is 183 Å². The van der Waals surface area contributed by atoms with E-state index >= 15 is 0 Å². The Balaban J connectivity index is 1.29. The second-order valence-electron chi connectivity index (χ2n) is 8.40. The van der Waals surface area contributed by atoms with Crippen LogP contribution in [-0.4, -0.2) is 36.6 Å². The minimum atomic E-state index is 0.439. The molecule has 0 saturated heterocycles. The predicted molar refractivity (Wildman–Crippen MR) is 126 cm³/mol. The minimum absolute atomic E-state index is 0.439. The zero-order chi connectivity index (χ0) is 20.9. The highest BCUT2D eigenvalue weighted by molar-refractivity contribution is 6.30. The number of anilines is 2. The van der Waals surface area contributed by atoms with Gasteiger partial charge in [-0.25, -0.2) is 4.98 Å². The SMILES string of the molecule is CN(C)c1nc(N[C@H]2CC[C@@H](CNCc3ccc(Cl)cc3)CC2)nc2ccccc12. The average Bonchev–Trinajstić information content (AvgIpc) is 2.76. The van der Waals surface area contributed by atoms with Gasteiger partial charge in [-0.05, 0) is 68.0 Å². The smallest absolute Gasteiger partial charge is 0.225 e. The van der Waals surface area contributed by atoms with Crippen LogP contribution < -0.4 is 15.5 Å². The summed E-state index contributed by atoms with van der Waals surface area (Å²) in [4.78, 5) is 11.6. The molecule has 1 aliphatic rings. The van der Waals surface area contributed by atoms with Gasteiger partial charge in [0.2, 0.25) is 5.95 Å². The summed E-state index contributed by atoms with van der Waals surface area (Å²) in [5, 5.41) is 9.07. The minimum Gasteiger partial charge on any atom is -0.362 e. The zero-order valence-corrected chi connectivity index (χ0v) is 18.5. The quantitative estimate of drug-likeness (QED) is 0.553. The van der Waals surface area contributed by atoms with Gasteiger partial charge in [-0.1, -0.05) is 35.9 Å². The van der Waals surface area contributed by atoms with Crippen LogP contribution in [0.2, 0.25) is 5.02 Å². The molecule has 4 rings (SSSR count). The normalized spacial score (nSPS) is 19.0.